The van der Waals surface area contributed by atoms with Crippen LogP contribution in [0.4, 0.5) is 0 Å². The van der Waals surface area contributed by atoms with Crippen LogP contribution < -0.4 is 5.32 Å². The lowest BCUT2D eigenvalue weighted by Crippen LogP contribution is -2.48. The molecule has 0 aromatic carbocycles. The molecule has 1 N–H and O–H groups in total. The molecular weight excluding hydrogens is 495 g/mol. The number of nitrogens with zero attached hydrogens (tertiary/aromatic N) is 3. The molecule has 1 unspecified atom stereocenters. The molecule has 1 aromatic rings. The highest BCUT2D eigenvalue weighted by molar-refractivity contribution is 14.0. The minimum atomic E-state index is 0. The fourth-order valence-electron chi connectivity index (χ4n) is 3.05. The second kappa shape index (κ2) is 12.5. The molecule has 0 aliphatic carbocycles. The second-order valence-corrected chi connectivity index (χ2v) is 9.16. The molecule has 6 nitrogen and oxygen atoms in total. The van der Waals surface area contributed by atoms with Crippen molar-refractivity contribution < 1.29 is 9.47 Å². The zero-order chi connectivity index (χ0) is 19.0. The monoisotopic (exact) mass is 528 g/mol. The molecule has 0 amide bonds. The standard InChI is InChI=1S/C18H32N4O2S2.HI/c1-6-26-18(7-9-24-10-8-18)13-20-17(19-3)22(4)11-15-12-25-16(21-15)14(2)23-5;/h12,14H,6-11,13H2,1-5H3,(H,19,20);1H. The Morgan fingerprint density at radius 1 is 1.52 bits per heavy atom. The summed E-state index contributed by atoms with van der Waals surface area (Å²) in [6.45, 7) is 7.58. The number of thioether (sulfide) groups is 1. The third-order valence-corrected chi connectivity index (χ3v) is 7.17. The molecule has 0 bridgehead atoms. The minimum absolute atomic E-state index is 0. The number of halogens is 1. The van der Waals surface area contributed by atoms with Gasteiger partial charge >= 0.3 is 0 Å². The van der Waals surface area contributed by atoms with Gasteiger partial charge in [0.1, 0.15) is 11.1 Å². The molecular formula is C18H33IN4O2S2. The Balaban J connectivity index is 0.00000364. The first kappa shape index (κ1) is 24.9. The van der Waals surface area contributed by atoms with E-state index in [-0.39, 0.29) is 34.8 Å². The Bertz CT molecular complexity index is 574. The highest BCUT2D eigenvalue weighted by Crippen LogP contribution is 2.34. The third-order valence-electron chi connectivity index (χ3n) is 4.67. The van der Waals surface area contributed by atoms with Gasteiger partial charge in [-0.25, -0.2) is 4.98 Å². The highest BCUT2D eigenvalue weighted by Gasteiger charge is 2.33. The number of guanidine groups is 1. The zero-order valence-corrected chi connectivity index (χ0v) is 21.0. The maximum Gasteiger partial charge on any atom is 0.193 e. The van der Waals surface area contributed by atoms with Gasteiger partial charge in [-0.1, -0.05) is 6.92 Å². The third kappa shape index (κ3) is 7.34. The molecule has 1 fully saturated rings. The molecule has 0 radical (unpaired) electrons. The van der Waals surface area contributed by atoms with E-state index >= 15 is 0 Å². The maximum absolute atomic E-state index is 5.56. The van der Waals surface area contributed by atoms with Gasteiger partial charge in [0.25, 0.3) is 0 Å². The van der Waals surface area contributed by atoms with Gasteiger partial charge in [-0.3, -0.25) is 4.99 Å². The number of aliphatic imine (C=N–C) groups is 1. The number of hydrogen-bond acceptors (Lipinski definition) is 6. The van der Waals surface area contributed by atoms with Gasteiger partial charge in [0.05, 0.1) is 12.2 Å². The van der Waals surface area contributed by atoms with Gasteiger partial charge in [0, 0.05) is 51.1 Å². The second-order valence-electron chi connectivity index (χ2n) is 6.54. The SMILES string of the molecule is CCSC1(CNC(=NC)N(C)Cc2csc(C(C)OC)n2)CCOCC1.I. The van der Waals surface area contributed by atoms with Crippen molar-refractivity contribution >= 4 is 53.0 Å². The lowest BCUT2D eigenvalue weighted by atomic mass is 9.99. The molecule has 2 rings (SSSR count). The molecule has 1 aliphatic rings. The predicted octanol–water partition coefficient (Wildman–Crippen LogP) is 3.78. The molecule has 2 heterocycles. The summed E-state index contributed by atoms with van der Waals surface area (Å²) in [6.07, 6.45) is 2.21. The van der Waals surface area contributed by atoms with Crippen LogP contribution in [-0.2, 0) is 16.0 Å². The molecule has 0 saturated carbocycles. The van der Waals surface area contributed by atoms with Gasteiger partial charge in [0.2, 0.25) is 0 Å². The lowest BCUT2D eigenvalue weighted by Gasteiger charge is -2.37. The van der Waals surface area contributed by atoms with Crippen LogP contribution in [0, 0.1) is 0 Å². The summed E-state index contributed by atoms with van der Waals surface area (Å²) in [5.74, 6) is 2.02. The average molecular weight is 529 g/mol. The first-order valence-corrected chi connectivity index (χ1v) is 11.0. The van der Waals surface area contributed by atoms with E-state index in [4.69, 9.17) is 9.47 Å². The van der Waals surface area contributed by atoms with Gasteiger partial charge in [-0.05, 0) is 25.5 Å². The Morgan fingerprint density at radius 2 is 2.22 bits per heavy atom. The van der Waals surface area contributed by atoms with E-state index in [1.54, 1.807) is 18.4 Å². The number of hydrogen-bond donors (Lipinski definition) is 1. The van der Waals surface area contributed by atoms with Crippen molar-refractivity contribution in [2.75, 3.05) is 46.7 Å². The molecule has 0 spiro atoms. The van der Waals surface area contributed by atoms with Crippen molar-refractivity contribution in [2.45, 2.75) is 44.1 Å². The summed E-state index contributed by atoms with van der Waals surface area (Å²) in [7, 11) is 5.60. The zero-order valence-electron chi connectivity index (χ0n) is 17.0. The quantitative estimate of drug-likeness (QED) is 0.315. The summed E-state index contributed by atoms with van der Waals surface area (Å²) in [6, 6.07) is 0. The van der Waals surface area contributed by atoms with E-state index < -0.39 is 0 Å². The molecule has 1 aromatic heterocycles. The van der Waals surface area contributed by atoms with Crippen LogP contribution in [0.5, 0.6) is 0 Å². The lowest BCUT2D eigenvalue weighted by molar-refractivity contribution is 0.0780. The van der Waals surface area contributed by atoms with E-state index in [0.29, 0.717) is 0 Å². The summed E-state index contributed by atoms with van der Waals surface area (Å²) in [5, 5.41) is 6.69. The van der Waals surface area contributed by atoms with Gasteiger partial charge in [-0.15, -0.1) is 35.3 Å². The Morgan fingerprint density at radius 3 is 2.81 bits per heavy atom. The van der Waals surface area contributed by atoms with Crippen LogP contribution in [0.3, 0.4) is 0 Å². The summed E-state index contributed by atoms with van der Waals surface area (Å²) in [5.41, 5.74) is 1.04. The first-order chi connectivity index (χ1) is 12.5. The molecule has 1 saturated heterocycles. The summed E-state index contributed by atoms with van der Waals surface area (Å²) < 4.78 is 11.2. The summed E-state index contributed by atoms with van der Waals surface area (Å²) >= 11 is 3.68. The Labute approximate surface area is 188 Å². The van der Waals surface area contributed by atoms with Crippen molar-refractivity contribution in [3.05, 3.63) is 16.1 Å². The van der Waals surface area contributed by atoms with Crippen LogP contribution in [-0.4, -0.2) is 67.3 Å². The Kier molecular flexibility index (Phi) is 11.5. The maximum atomic E-state index is 5.56. The van der Waals surface area contributed by atoms with E-state index in [1.165, 1.54) is 0 Å². The molecule has 1 atom stereocenters. The van der Waals surface area contributed by atoms with Crippen molar-refractivity contribution in [2.24, 2.45) is 4.99 Å². The van der Waals surface area contributed by atoms with Crippen LogP contribution in [0.25, 0.3) is 0 Å². The van der Waals surface area contributed by atoms with Crippen molar-refractivity contribution in [1.29, 1.82) is 0 Å². The van der Waals surface area contributed by atoms with Gasteiger partial charge < -0.3 is 19.7 Å². The highest BCUT2D eigenvalue weighted by atomic mass is 127. The van der Waals surface area contributed by atoms with Gasteiger partial charge in [0.15, 0.2) is 5.96 Å². The minimum Gasteiger partial charge on any atom is -0.381 e. The van der Waals surface area contributed by atoms with E-state index in [2.05, 4.69) is 39.5 Å². The van der Waals surface area contributed by atoms with E-state index in [0.717, 1.165) is 61.6 Å². The van der Waals surface area contributed by atoms with Gasteiger partial charge in [-0.2, -0.15) is 11.8 Å². The number of ether oxygens (including phenoxy) is 2. The fourth-order valence-corrected chi connectivity index (χ4v) is 5.13. The fraction of sp³-hybridized carbons (Fsp3) is 0.778. The van der Waals surface area contributed by atoms with Crippen molar-refractivity contribution in [3.8, 4) is 0 Å². The van der Waals surface area contributed by atoms with E-state index in [1.807, 2.05) is 25.7 Å². The molecule has 27 heavy (non-hydrogen) atoms. The van der Waals surface area contributed by atoms with E-state index in [9.17, 15) is 0 Å². The molecule has 156 valence electrons. The number of rotatable bonds is 8. The molecule has 1 aliphatic heterocycles. The van der Waals surface area contributed by atoms with Crippen LogP contribution in [0.15, 0.2) is 10.4 Å². The summed E-state index contributed by atoms with van der Waals surface area (Å²) in [4.78, 5) is 11.3. The number of aromatic nitrogens is 1. The number of nitrogens with one attached hydrogen (secondary N) is 1. The normalized spacial score (nSPS) is 17.9. The first-order valence-electron chi connectivity index (χ1n) is 9.14. The predicted molar refractivity (Wildman–Crippen MR) is 127 cm³/mol. The number of thiazole rings is 1. The Hall–Kier alpha value is -0.100. The largest absolute Gasteiger partial charge is 0.381 e. The average Bonchev–Trinajstić information content (AvgIpc) is 3.11. The van der Waals surface area contributed by atoms with Crippen LogP contribution in [0.2, 0.25) is 0 Å². The number of methoxy groups -OCH3 is 1. The van der Waals surface area contributed by atoms with Crippen molar-refractivity contribution in [3.63, 3.8) is 0 Å². The van der Waals surface area contributed by atoms with Crippen LogP contribution in [0.1, 0.15) is 43.5 Å². The topological polar surface area (TPSA) is 59.0 Å². The van der Waals surface area contributed by atoms with Crippen LogP contribution >= 0.6 is 47.1 Å². The smallest absolute Gasteiger partial charge is 0.193 e. The molecule has 9 heteroatoms. The van der Waals surface area contributed by atoms with Crippen molar-refractivity contribution in [1.82, 2.24) is 15.2 Å².